The van der Waals surface area contributed by atoms with E-state index in [1.807, 2.05) is 6.07 Å². The summed E-state index contributed by atoms with van der Waals surface area (Å²) < 4.78 is 11.3. The van der Waals surface area contributed by atoms with E-state index in [0.717, 1.165) is 44.2 Å². The first-order chi connectivity index (χ1) is 8.54. The summed E-state index contributed by atoms with van der Waals surface area (Å²) in [6.45, 7) is 10.0. The van der Waals surface area contributed by atoms with Crippen LogP contribution in [0.1, 0.15) is 32.8 Å². The van der Waals surface area contributed by atoms with Crippen LogP contribution in [0.5, 0.6) is 11.5 Å². The van der Waals surface area contributed by atoms with Crippen LogP contribution < -0.4 is 14.8 Å². The van der Waals surface area contributed by atoms with Gasteiger partial charge in [0.1, 0.15) is 0 Å². The zero-order chi connectivity index (χ0) is 13.0. The molecule has 0 aromatic heterocycles. The number of benzene rings is 1. The average Bonchev–Trinajstić information content (AvgIpc) is 2.51. The number of hydrogen-bond donors (Lipinski definition) is 1. The predicted octanol–water partition coefficient (Wildman–Crippen LogP) is 2.98. The van der Waals surface area contributed by atoms with Crippen molar-refractivity contribution >= 4 is 0 Å². The van der Waals surface area contributed by atoms with E-state index in [1.165, 1.54) is 5.56 Å². The lowest BCUT2D eigenvalue weighted by Crippen LogP contribution is -2.26. The maximum absolute atomic E-state index is 5.68. The first-order valence-electron chi connectivity index (χ1n) is 6.64. The van der Waals surface area contributed by atoms with E-state index in [9.17, 15) is 0 Å². The van der Waals surface area contributed by atoms with E-state index in [2.05, 4.69) is 38.2 Å². The number of ether oxygens (including phenoxy) is 2. The van der Waals surface area contributed by atoms with Gasteiger partial charge in [-0.3, -0.25) is 0 Å². The molecule has 1 heterocycles. The lowest BCUT2D eigenvalue weighted by atomic mass is 9.97. The van der Waals surface area contributed by atoms with Crippen LogP contribution in [0.4, 0.5) is 0 Å². The van der Waals surface area contributed by atoms with E-state index in [4.69, 9.17) is 9.47 Å². The zero-order valence-electron chi connectivity index (χ0n) is 11.6. The van der Waals surface area contributed by atoms with E-state index >= 15 is 0 Å². The van der Waals surface area contributed by atoms with Crippen molar-refractivity contribution in [2.24, 2.45) is 5.41 Å². The molecule has 0 atom stereocenters. The molecule has 2 rings (SSSR count). The number of rotatable bonds is 3. The van der Waals surface area contributed by atoms with Crippen molar-refractivity contribution in [3.63, 3.8) is 0 Å². The minimum absolute atomic E-state index is 0.311. The molecule has 0 aliphatic carbocycles. The largest absolute Gasteiger partial charge is 0.490 e. The van der Waals surface area contributed by atoms with Crippen molar-refractivity contribution in [2.75, 3.05) is 19.8 Å². The smallest absolute Gasteiger partial charge is 0.161 e. The van der Waals surface area contributed by atoms with Crippen molar-refractivity contribution < 1.29 is 9.47 Å². The van der Waals surface area contributed by atoms with Crippen LogP contribution in [0.15, 0.2) is 18.2 Å². The summed E-state index contributed by atoms with van der Waals surface area (Å²) in [4.78, 5) is 0. The summed E-state index contributed by atoms with van der Waals surface area (Å²) >= 11 is 0. The van der Waals surface area contributed by atoms with Crippen molar-refractivity contribution in [1.82, 2.24) is 5.32 Å². The van der Waals surface area contributed by atoms with E-state index in [-0.39, 0.29) is 0 Å². The van der Waals surface area contributed by atoms with Gasteiger partial charge < -0.3 is 14.8 Å². The van der Waals surface area contributed by atoms with Gasteiger partial charge in [-0.05, 0) is 23.1 Å². The third-order valence-electron chi connectivity index (χ3n) is 2.80. The third kappa shape index (κ3) is 3.91. The molecule has 0 saturated carbocycles. The molecule has 18 heavy (non-hydrogen) atoms. The van der Waals surface area contributed by atoms with Gasteiger partial charge in [0, 0.05) is 19.5 Å². The fourth-order valence-corrected chi connectivity index (χ4v) is 1.90. The minimum Gasteiger partial charge on any atom is -0.490 e. The van der Waals surface area contributed by atoms with Crippen LogP contribution in [0.3, 0.4) is 0 Å². The normalized spacial score (nSPS) is 15.3. The third-order valence-corrected chi connectivity index (χ3v) is 2.80. The molecule has 0 saturated heterocycles. The number of fused-ring (bicyclic) bond motifs is 1. The van der Waals surface area contributed by atoms with E-state index < -0.39 is 0 Å². The molecular formula is C15H23NO2. The zero-order valence-corrected chi connectivity index (χ0v) is 11.6. The standard InChI is InChI=1S/C15H23NO2/c1-15(2,3)11-16-10-12-5-6-13-14(9-12)18-8-4-7-17-13/h5-6,9,16H,4,7-8,10-11H2,1-3H3. The Morgan fingerprint density at radius 3 is 2.56 bits per heavy atom. The van der Waals surface area contributed by atoms with Crippen LogP contribution in [0.2, 0.25) is 0 Å². The van der Waals surface area contributed by atoms with Gasteiger partial charge in [0.25, 0.3) is 0 Å². The van der Waals surface area contributed by atoms with Crippen LogP contribution in [-0.4, -0.2) is 19.8 Å². The van der Waals surface area contributed by atoms with Gasteiger partial charge in [0.05, 0.1) is 13.2 Å². The van der Waals surface area contributed by atoms with Gasteiger partial charge in [-0.15, -0.1) is 0 Å². The van der Waals surface area contributed by atoms with Gasteiger partial charge in [0.15, 0.2) is 11.5 Å². The molecule has 0 amide bonds. The van der Waals surface area contributed by atoms with Crippen molar-refractivity contribution in [3.05, 3.63) is 23.8 Å². The molecule has 0 bridgehead atoms. The fourth-order valence-electron chi connectivity index (χ4n) is 1.90. The molecule has 0 radical (unpaired) electrons. The highest BCUT2D eigenvalue weighted by atomic mass is 16.5. The highest BCUT2D eigenvalue weighted by molar-refractivity contribution is 5.43. The molecule has 3 heteroatoms. The molecule has 0 unspecified atom stereocenters. The van der Waals surface area contributed by atoms with Crippen LogP contribution in [0.25, 0.3) is 0 Å². The van der Waals surface area contributed by atoms with Gasteiger partial charge in [0.2, 0.25) is 0 Å². The van der Waals surface area contributed by atoms with Crippen LogP contribution in [-0.2, 0) is 6.54 Å². The number of nitrogens with one attached hydrogen (secondary N) is 1. The highest BCUT2D eigenvalue weighted by Gasteiger charge is 2.12. The molecule has 1 aliphatic heterocycles. The van der Waals surface area contributed by atoms with E-state index in [1.54, 1.807) is 0 Å². The molecule has 0 spiro atoms. The monoisotopic (exact) mass is 249 g/mol. The Morgan fingerprint density at radius 1 is 1.11 bits per heavy atom. The second-order valence-electron chi connectivity index (χ2n) is 6.00. The van der Waals surface area contributed by atoms with Crippen LogP contribution >= 0.6 is 0 Å². The summed E-state index contributed by atoms with van der Waals surface area (Å²) in [7, 11) is 0. The molecular weight excluding hydrogens is 226 g/mol. The Hall–Kier alpha value is -1.22. The Labute approximate surface area is 109 Å². The maximum atomic E-state index is 5.68. The lowest BCUT2D eigenvalue weighted by Gasteiger charge is -2.19. The fraction of sp³-hybridized carbons (Fsp3) is 0.600. The van der Waals surface area contributed by atoms with Crippen molar-refractivity contribution in [1.29, 1.82) is 0 Å². The molecule has 100 valence electrons. The first kappa shape index (κ1) is 13.2. The SMILES string of the molecule is CC(C)(C)CNCc1ccc2c(c1)OCCCO2. The van der Waals surface area contributed by atoms with Gasteiger partial charge in [-0.2, -0.15) is 0 Å². The molecule has 0 fully saturated rings. The molecule has 1 aliphatic rings. The summed E-state index contributed by atoms with van der Waals surface area (Å²) in [5.41, 5.74) is 1.55. The summed E-state index contributed by atoms with van der Waals surface area (Å²) in [6.07, 6.45) is 0.951. The molecule has 1 aromatic rings. The molecule has 1 aromatic carbocycles. The topological polar surface area (TPSA) is 30.5 Å². The average molecular weight is 249 g/mol. The lowest BCUT2D eigenvalue weighted by molar-refractivity contribution is 0.297. The second-order valence-corrected chi connectivity index (χ2v) is 6.00. The predicted molar refractivity (Wildman–Crippen MR) is 73.2 cm³/mol. The summed E-state index contributed by atoms with van der Waals surface area (Å²) in [5.74, 6) is 1.75. The molecule has 1 N–H and O–H groups in total. The Balaban J connectivity index is 1.96. The van der Waals surface area contributed by atoms with Crippen molar-refractivity contribution in [3.8, 4) is 11.5 Å². The van der Waals surface area contributed by atoms with Gasteiger partial charge >= 0.3 is 0 Å². The summed E-state index contributed by atoms with van der Waals surface area (Å²) in [5, 5.41) is 3.47. The Kier molecular flexibility index (Phi) is 4.12. The number of hydrogen-bond acceptors (Lipinski definition) is 3. The minimum atomic E-state index is 0.311. The van der Waals surface area contributed by atoms with Gasteiger partial charge in [-0.1, -0.05) is 26.8 Å². The Bertz CT molecular complexity index is 396. The summed E-state index contributed by atoms with van der Waals surface area (Å²) in [6, 6.07) is 6.19. The molecule has 3 nitrogen and oxygen atoms in total. The van der Waals surface area contributed by atoms with Crippen molar-refractivity contribution in [2.45, 2.75) is 33.7 Å². The highest BCUT2D eigenvalue weighted by Crippen LogP contribution is 2.30. The maximum Gasteiger partial charge on any atom is 0.161 e. The second kappa shape index (κ2) is 5.61. The quantitative estimate of drug-likeness (QED) is 0.893. The first-order valence-corrected chi connectivity index (χ1v) is 6.64. The van der Waals surface area contributed by atoms with Gasteiger partial charge in [-0.25, -0.2) is 0 Å². The van der Waals surface area contributed by atoms with E-state index in [0.29, 0.717) is 5.41 Å². The Morgan fingerprint density at radius 2 is 1.83 bits per heavy atom. The van der Waals surface area contributed by atoms with Crippen LogP contribution in [0, 0.1) is 5.41 Å².